The van der Waals surface area contributed by atoms with Gasteiger partial charge in [0.25, 0.3) is 0 Å². The highest BCUT2D eigenvalue weighted by Gasteiger charge is 2.13. The first-order valence-corrected chi connectivity index (χ1v) is 7.66. The molecule has 0 fully saturated rings. The summed E-state index contributed by atoms with van der Waals surface area (Å²) < 4.78 is 7.40. The van der Waals surface area contributed by atoms with Crippen molar-refractivity contribution in [3.63, 3.8) is 0 Å². The maximum Gasteiger partial charge on any atom is 0.357 e. The molecule has 0 radical (unpaired) electrons. The van der Waals surface area contributed by atoms with E-state index in [4.69, 9.17) is 4.74 Å². The van der Waals surface area contributed by atoms with E-state index >= 15 is 0 Å². The Morgan fingerprint density at radius 3 is 2.87 bits per heavy atom. The summed E-state index contributed by atoms with van der Waals surface area (Å²) in [6.07, 6.45) is 4.44. The van der Waals surface area contributed by atoms with Crippen molar-refractivity contribution >= 4 is 16.9 Å². The average Bonchev–Trinajstić information content (AvgIpc) is 2.96. The van der Waals surface area contributed by atoms with Gasteiger partial charge in [-0.3, -0.25) is 0 Å². The van der Waals surface area contributed by atoms with E-state index in [0.717, 1.165) is 35.3 Å². The predicted octanol–water partition coefficient (Wildman–Crippen LogP) is 3.30. The molecule has 0 aliphatic heterocycles. The van der Waals surface area contributed by atoms with E-state index in [0.29, 0.717) is 12.3 Å². The third-order valence-corrected chi connectivity index (χ3v) is 3.81. The van der Waals surface area contributed by atoms with E-state index in [9.17, 15) is 4.79 Å². The first-order valence-electron chi connectivity index (χ1n) is 7.66. The van der Waals surface area contributed by atoms with Gasteiger partial charge in [-0.2, -0.15) is 0 Å². The predicted molar refractivity (Wildman–Crippen MR) is 88.3 cm³/mol. The second-order valence-electron chi connectivity index (χ2n) is 5.50. The summed E-state index contributed by atoms with van der Waals surface area (Å²) >= 11 is 0. The minimum Gasteiger partial charge on any atom is -0.461 e. The summed E-state index contributed by atoms with van der Waals surface area (Å²) in [5, 5.41) is 1.03. The molecule has 0 aliphatic rings. The fourth-order valence-corrected chi connectivity index (χ4v) is 2.54. The molecular formula is C18H19N3O2. The molecule has 0 N–H and O–H groups in total. The van der Waals surface area contributed by atoms with Crippen LogP contribution in [0.4, 0.5) is 0 Å². The quantitative estimate of drug-likeness (QED) is 0.536. The van der Waals surface area contributed by atoms with Gasteiger partial charge in [0, 0.05) is 24.3 Å². The second kappa shape index (κ2) is 6.60. The number of aryl methyl sites for hydroxylation is 3. The van der Waals surface area contributed by atoms with Crippen LogP contribution in [0.25, 0.3) is 10.9 Å². The zero-order valence-corrected chi connectivity index (χ0v) is 13.3. The molecular weight excluding hydrogens is 290 g/mol. The lowest BCUT2D eigenvalue weighted by atomic mass is 10.1. The molecule has 5 nitrogen and oxygen atoms in total. The van der Waals surface area contributed by atoms with Crippen LogP contribution in [0.1, 0.15) is 28.3 Å². The van der Waals surface area contributed by atoms with E-state index in [-0.39, 0.29) is 5.97 Å². The number of ether oxygens (including phenoxy) is 1. The van der Waals surface area contributed by atoms with Crippen LogP contribution in [0, 0.1) is 13.8 Å². The second-order valence-corrected chi connectivity index (χ2v) is 5.50. The molecule has 0 atom stereocenters. The number of esters is 1. The standard InChI is InChI=1S/C18H19N3O2/c1-13-12-15-6-3-4-7-16(15)20-17(13)18(22)23-11-5-9-21-10-8-19-14(21)2/h3-4,6-8,10,12H,5,9,11H2,1-2H3. The van der Waals surface area contributed by atoms with Gasteiger partial charge in [-0.15, -0.1) is 0 Å². The Hall–Kier alpha value is -2.69. The number of rotatable bonds is 5. The SMILES string of the molecule is Cc1cc2ccccc2nc1C(=O)OCCCn1ccnc1C. The lowest BCUT2D eigenvalue weighted by molar-refractivity contribution is 0.0488. The molecule has 0 saturated heterocycles. The van der Waals surface area contributed by atoms with Crippen molar-refractivity contribution in [3.05, 3.63) is 59.8 Å². The monoisotopic (exact) mass is 309 g/mol. The van der Waals surface area contributed by atoms with Gasteiger partial charge >= 0.3 is 5.97 Å². The lowest BCUT2D eigenvalue weighted by Crippen LogP contribution is -2.12. The molecule has 0 unspecified atom stereocenters. The summed E-state index contributed by atoms with van der Waals surface area (Å²) in [5.74, 6) is 0.596. The molecule has 2 aromatic heterocycles. The molecule has 0 amide bonds. The molecule has 2 heterocycles. The summed E-state index contributed by atoms with van der Waals surface area (Å²) in [4.78, 5) is 20.8. The number of carbonyl (C=O) groups excluding carboxylic acids is 1. The van der Waals surface area contributed by atoms with Crippen molar-refractivity contribution in [2.24, 2.45) is 0 Å². The number of para-hydroxylation sites is 1. The molecule has 3 rings (SSSR count). The Morgan fingerprint density at radius 1 is 1.26 bits per heavy atom. The molecule has 5 heteroatoms. The molecule has 23 heavy (non-hydrogen) atoms. The van der Waals surface area contributed by atoms with Gasteiger partial charge in [0.15, 0.2) is 5.69 Å². The summed E-state index contributed by atoms with van der Waals surface area (Å²) in [5.41, 5.74) is 2.03. The van der Waals surface area contributed by atoms with Crippen LogP contribution in [0.2, 0.25) is 0 Å². The number of benzene rings is 1. The van der Waals surface area contributed by atoms with Crippen LogP contribution in [0.3, 0.4) is 0 Å². The number of carbonyl (C=O) groups is 1. The van der Waals surface area contributed by atoms with Gasteiger partial charge in [0.1, 0.15) is 5.82 Å². The normalized spacial score (nSPS) is 10.9. The van der Waals surface area contributed by atoms with Crippen molar-refractivity contribution in [2.45, 2.75) is 26.8 Å². The van der Waals surface area contributed by atoms with E-state index in [2.05, 4.69) is 9.97 Å². The van der Waals surface area contributed by atoms with Crippen LogP contribution in [-0.4, -0.2) is 27.1 Å². The molecule has 0 spiro atoms. The highest BCUT2D eigenvalue weighted by molar-refractivity contribution is 5.92. The summed E-state index contributed by atoms with van der Waals surface area (Å²) in [6, 6.07) is 9.71. The van der Waals surface area contributed by atoms with E-state index < -0.39 is 0 Å². The largest absolute Gasteiger partial charge is 0.461 e. The Kier molecular flexibility index (Phi) is 4.37. The van der Waals surface area contributed by atoms with Crippen molar-refractivity contribution in [2.75, 3.05) is 6.61 Å². The average molecular weight is 309 g/mol. The number of fused-ring (bicyclic) bond motifs is 1. The smallest absolute Gasteiger partial charge is 0.357 e. The Morgan fingerprint density at radius 2 is 2.09 bits per heavy atom. The van der Waals surface area contributed by atoms with Crippen LogP contribution in [-0.2, 0) is 11.3 Å². The first-order chi connectivity index (χ1) is 11.1. The van der Waals surface area contributed by atoms with Gasteiger partial charge in [0.05, 0.1) is 12.1 Å². The maximum atomic E-state index is 12.2. The molecule has 118 valence electrons. The fourth-order valence-electron chi connectivity index (χ4n) is 2.54. The van der Waals surface area contributed by atoms with Crippen molar-refractivity contribution < 1.29 is 9.53 Å². The number of aromatic nitrogens is 3. The van der Waals surface area contributed by atoms with Crippen LogP contribution in [0.15, 0.2) is 42.7 Å². The molecule has 0 saturated carbocycles. The molecule has 0 bridgehead atoms. The van der Waals surface area contributed by atoms with E-state index in [1.165, 1.54) is 0 Å². The van der Waals surface area contributed by atoms with Crippen LogP contribution < -0.4 is 0 Å². The Labute approximate surface area is 134 Å². The van der Waals surface area contributed by atoms with Crippen LogP contribution in [0.5, 0.6) is 0 Å². The molecule has 3 aromatic rings. The Bertz CT molecular complexity index is 839. The Balaban J connectivity index is 1.62. The third kappa shape index (κ3) is 3.39. The van der Waals surface area contributed by atoms with Gasteiger partial charge in [-0.05, 0) is 38.0 Å². The number of imidazole rings is 1. The maximum absolute atomic E-state index is 12.2. The van der Waals surface area contributed by atoms with Crippen LogP contribution >= 0.6 is 0 Å². The summed E-state index contributed by atoms with van der Waals surface area (Å²) in [6.45, 7) is 4.98. The van der Waals surface area contributed by atoms with Gasteiger partial charge in [-0.25, -0.2) is 14.8 Å². The zero-order valence-electron chi connectivity index (χ0n) is 13.3. The highest BCUT2D eigenvalue weighted by atomic mass is 16.5. The topological polar surface area (TPSA) is 57.0 Å². The summed E-state index contributed by atoms with van der Waals surface area (Å²) in [7, 11) is 0. The number of hydrogen-bond acceptors (Lipinski definition) is 4. The lowest BCUT2D eigenvalue weighted by Gasteiger charge is -2.09. The number of nitrogens with zero attached hydrogens (tertiary/aromatic N) is 3. The van der Waals surface area contributed by atoms with Gasteiger partial charge in [-0.1, -0.05) is 18.2 Å². The molecule has 0 aliphatic carbocycles. The minimum atomic E-state index is -0.365. The fraction of sp³-hybridized carbons (Fsp3) is 0.278. The zero-order chi connectivity index (χ0) is 16.2. The number of hydrogen-bond donors (Lipinski definition) is 0. The molecule has 1 aromatic carbocycles. The third-order valence-electron chi connectivity index (χ3n) is 3.81. The first kappa shape index (κ1) is 15.2. The minimum absolute atomic E-state index is 0.365. The van der Waals surface area contributed by atoms with Crippen molar-refractivity contribution in [1.82, 2.24) is 14.5 Å². The highest BCUT2D eigenvalue weighted by Crippen LogP contribution is 2.16. The van der Waals surface area contributed by atoms with Crippen molar-refractivity contribution in [3.8, 4) is 0 Å². The number of pyridine rings is 1. The van der Waals surface area contributed by atoms with E-state index in [1.807, 2.05) is 54.9 Å². The van der Waals surface area contributed by atoms with Gasteiger partial charge < -0.3 is 9.30 Å². The van der Waals surface area contributed by atoms with Gasteiger partial charge in [0.2, 0.25) is 0 Å². The van der Waals surface area contributed by atoms with Crippen molar-refractivity contribution in [1.29, 1.82) is 0 Å². The van der Waals surface area contributed by atoms with E-state index in [1.54, 1.807) is 6.20 Å².